The van der Waals surface area contributed by atoms with E-state index in [-0.39, 0.29) is 24.8 Å². The molecule has 20 nitrogen and oxygen atoms in total. The van der Waals surface area contributed by atoms with Gasteiger partial charge in [0.05, 0.1) is 12.7 Å². The van der Waals surface area contributed by atoms with Crippen LogP contribution in [0.5, 0.6) is 0 Å². The summed E-state index contributed by atoms with van der Waals surface area (Å²) in [5.41, 5.74) is 6.58. The fourth-order valence-electron chi connectivity index (χ4n) is 7.39. The molecule has 12 unspecified atom stereocenters. The Kier molecular flexibility index (Phi) is 15.0. The number of likely N-dealkylation sites (tertiary alicyclic amines) is 1. The quantitative estimate of drug-likeness (QED) is 0.0325. The first-order valence-electron chi connectivity index (χ1n) is 17.8. The normalized spacial score (nSPS) is 32.0. The molecule has 3 aliphatic heterocycles. The molecule has 3 fully saturated rings. The summed E-state index contributed by atoms with van der Waals surface area (Å²) in [5.74, 6) is -2.56. The lowest BCUT2D eigenvalue weighted by Gasteiger charge is -2.43. The van der Waals surface area contributed by atoms with Gasteiger partial charge in [0.25, 0.3) is 5.91 Å². The van der Waals surface area contributed by atoms with Crippen molar-refractivity contribution in [1.82, 2.24) is 20.4 Å². The molecule has 0 aromatic rings. The zero-order valence-electron chi connectivity index (χ0n) is 30.1. The van der Waals surface area contributed by atoms with Gasteiger partial charge in [0, 0.05) is 32.8 Å². The number of fused-ring (bicyclic) bond motifs is 1. The molecule has 1 aliphatic carbocycles. The van der Waals surface area contributed by atoms with Crippen molar-refractivity contribution in [3.63, 3.8) is 0 Å². The van der Waals surface area contributed by atoms with Gasteiger partial charge in [-0.1, -0.05) is 31.9 Å². The number of aliphatic hydroxyl groups is 4. The van der Waals surface area contributed by atoms with Crippen LogP contribution in [0.1, 0.15) is 52.4 Å². The number of nitrogens with one attached hydrogen (secondary N) is 3. The maximum atomic E-state index is 14.7. The molecular formula is C32H54N6O14S. The standard InChI is InChI=1S/C32H54N6O14S/c1-4-16(2)24(36-29(44)23(49-3)15-50-53(46,47)48)30(45)38-20-12-19(51-31-27(42)26(41)25(40)22(14-39)52-31)6-5-18(20)11-21(38)28(43)35-9-7-17-8-10-37(13-17)32(33)34/h8,16,18-27,31,39-42H,4-7,9-15H2,1-3H3,(H3,33,34)(H,35,43)(H,36,44)(H,46,47,48). The molecule has 0 spiro atoms. The lowest BCUT2D eigenvalue weighted by atomic mass is 9.82. The molecule has 0 aromatic heterocycles. The van der Waals surface area contributed by atoms with Crippen LogP contribution in [0.2, 0.25) is 0 Å². The van der Waals surface area contributed by atoms with Crippen molar-refractivity contribution in [1.29, 1.82) is 5.41 Å². The number of hydrogen-bond donors (Lipinski definition) is 9. The second-order valence-electron chi connectivity index (χ2n) is 14.1. The van der Waals surface area contributed by atoms with Gasteiger partial charge in [0.1, 0.15) is 43.1 Å². The maximum Gasteiger partial charge on any atom is 0.397 e. The van der Waals surface area contributed by atoms with Crippen LogP contribution in [-0.4, -0.2) is 168 Å². The molecule has 21 heteroatoms. The molecule has 302 valence electrons. The lowest BCUT2D eigenvalue weighted by Crippen LogP contribution is -2.61. The van der Waals surface area contributed by atoms with Crippen molar-refractivity contribution in [3.05, 3.63) is 11.6 Å². The van der Waals surface area contributed by atoms with E-state index in [1.807, 2.05) is 6.08 Å². The average molecular weight is 779 g/mol. The molecule has 12 atom stereocenters. The Hall–Kier alpha value is -2.99. The van der Waals surface area contributed by atoms with Crippen molar-refractivity contribution in [3.8, 4) is 0 Å². The van der Waals surface area contributed by atoms with Crippen LogP contribution in [0.4, 0.5) is 0 Å². The third kappa shape index (κ3) is 10.6. The topological polar surface area (TPSA) is 304 Å². The molecule has 53 heavy (non-hydrogen) atoms. The summed E-state index contributed by atoms with van der Waals surface area (Å²) in [6, 6.07) is -2.72. The van der Waals surface area contributed by atoms with Crippen LogP contribution >= 0.6 is 0 Å². The van der Waals surface area contributed by atoms with Crippen LogP contribution in [-0.2, 0) is 43.2 Å². The van der Waals surface area contributed by atoms with Gasteiger partial charge >= 0.3 is 10.4 Å². The van der Waals surface area contributed by atoms with Crippen molar-refractivity contribution in [2.24, 2.45) is 17.6 Å². The smallest absolute Gasteiger partial charge is 0.394 e. The summed E-state index contributed by atoms with van der Waals surface area (Å²) in [7, 11) is -3.77. The largest absolute Gasteiger partial charge is 0.397 e. The fraction of sp³-hybridized carbons (Fsp3) is 0.812. The highest BCUT2D eigenvalue weighted by Gasteiger charge is 2.52. The predicted octanol–water partition coefficient (Wildman–Crippen LogP) is -3.05. The number of nitrogens with two attached hydrogens (primary N) is 1. The van der Waals surface area contributed by atoms with Crippen LogP contribution < -0.4 is 16.4 Å². The number of amides is 3. The number of rotatable bonds is 16. The molecular weight excluding hydrogens is 724 g/mol. The van der Waals surface area contributed by atoms with Gasteiger partial charge < -0.3 is 60.8 Å². The second kappa shape index (κ2) is 18.6. The van der Waals surface area contributed by atoms with E-state index in [2.05, 4.69) is 14.8 Å². The minimum absolute atomic E-state index is 0.0532. The molecule has 0 radical (unpaired) electrons. The summed E-state index contributed by atoms with van der Waals surface area (Å²) in [4.78, 5) is 45.0. The summed E-state index contributed by atoms with van der Waals surface area (Å²) >= 11 is 0. The van der Waals surface area contributed by atoms with E-state index in [0.717, 1.165) is 12.7 Å². The van der Waals surface area contributed by atoms with E-state index in [9.17, 15) is 43.2 Å². The van der Waals surface area contributed by atoms with Crippen molar-refractivity contribution >= 4 is 34.1 Å². The highest BCUT2D eigenvalue weighted by molar-refractivity contribution is 7.80. The van der Waals surface area contributed by atoms with Crippen molar-refractivity contribution in [2.75, 3.05) is 40.0 Å². The number of aliphatic hydroxyl groups excluding tert-OH is 4. The monoisotopic (exact) mass is 778 g/mol. The molecule has 4 aliphatic rings. The van der Waals surface area contributed by atoms with Gasteiger partial charge in [-0.25, -0.2) is 4.18 Å². The Morgan fingerprint density at radius 3 is 2.47 bits per heavy atom. The van der Waals surface area contributed by atoms with Gasteiger partial charge in [-0.2, -0.15) is 8.42 Å². The average Bonchev–Trinajstić information content (AvgIpc) is 3.75. The Morgan fingerprint density at radius 1 is 1.15 bits per heavy atom. The Morgan fingerprint density at radius 2 is 1.87 bits per heavy atom. The first kappa shape index (κ1) is 42.7. The van der Waals surface area contributed by atoms with E-state index in [1.54, 1.807) is 18.7 Å². The zero-order chi connectivity index (χ0) is 39.2. The number of nitrogens with zero attached hydrogens (tertiary/aromatic N) is 2. The number of guanidine groups is 1. The van der Waals surface area contributed by atoms with Crippen LogP contribution in [0, 0.1) is 17.2 Å². The minimum Gasteiger partial charge on any atom is -0.394 e. The summed E-state index contributed by atoms with van der Waals surface area (Å²) in [6.45, 7) is 3.25. The van der Waals surface area contributed by atoms with E-state index < -0.39 is 108 Å². The van der Waals surface area contributed by atoms with Gasteiger partial charge in [-0.05, 0) is 43.9 Å². The van der Waals surface area contributed by atoms with E-state index >= 15 is 0 Å². The van der Waals surface area contributed by atoms with Gasteiger partial charge in [-0.15, -0.1) is 0 Å². The van der Waals surface area contributed by atoms with E-state index in [1.165, 1.54) is 4.90 Å². The summed E-state index contributed by atoms with van der Waals surface area (Å²) in [6.07, 6.45) is -5.29. The van der Waals surface area contributed by atoms with Gasteiger partial charge in [-0.3, -0.25) is 24.3 Å². The van der Waals surface area contributed by atoms with E-state index in [0.29, 0.717) is 45.2 Å². The number of methoxy groups -OCH3 is 1. The molecule has 2 saturated heterocycles. The van der Waals surface area contributed by atoms with Crippen molar-refractivity contribution < 1.29 is 66.2 Å². The molecule has 3 heterocycles. The molecule has 1 saturated carbocycles. The molecule has 0 bridgehead atoms. The Labute approximate surface area is 308 Å². The van der Waals surface area contributed by atoms with E-state index in [4.69, 9.17) is 29.9 Å². The first-order chi connectivity index (χ1) is 25.0. The Balaban J connectivity index is 1.55. The van der Waals surface area contributed by atoms with Gasteiger partial charge in [0.2, 0.25) is 11.8 Å². The number of ether oxygens (including phenoxy) is 3. The molecule has 4 rings (SSSR count). The maximum absolute atomic E-state index is 14.7. The van der Waals surface area contributed by atoms with Crippen LogP contribution in [0.15, 0.2) is 11.6 Å². The SMILES string of the molecule is CCC(C)C(NC(=O)C(COS(=O)(=O)O)OC)C(=O)N1C(C(=O)NCCC2=CCN(C(=N)N)C2)CC2CCC(OC3OC(CO)C(O)C(O)C3O)CC21. The Bertz CT molecular complexity index is 1450. The van der Waals surface area contributed by atoms with Crippen LogP contribution in [0.3, 0.4) is 0 Å². The minimum atomic E-state index is -4.90. The molecule has 10 N–H and O–H groups in total. The number of hydrogen-bond acceptors (Lipinski definition) is 14. The third-order valence-corrected chi connectivity index (χ3v) is 11.1. The molecule has 0 aromatic carbocycles. The number of carbonyl (C=O) groups excluding carboxylic acids is 3. The predicted molar refractivity (Wildman–Crippen MR) is 184 cm³/mol. The highest BCUT2D eigenvalue weighted by Crippen LogP contribution is 2.42. The molecule has 3 amide bonds. The lowest BCUT2D eigenvalue weighted by molar-refractivity contribution is -0.314. The summed E-state index contributed by atoms with van der Waals surface area (Å²) < 4.78 is 52.4. The van der Waals surface area contributed by atoms with Gasteiger partial charge in [0.15, 0.2) is 18.4 Å². The highest BCUT2D eigenvalue weighted by atomic mass is 32.3. The number of carbonyl (C=O) groups is 3. The fourth-order valence-corrected chi connectivity index (χ4v) is 7.69. The first-order valence-corrected chi connectivity index (χ1v) is 19.1. The van der Waals surface area contributed by atoms with Crippen molar-refractivity contribution in [2.45, 2.75) is 113 Å². The third-order valence-electron chi connectivity index (χ3n) is 10.7. The van der Waals surface area contributed by atoms with Crippen LogP contribution in [0.25, 0.3) is 0 Å². The second-order valence-corrected chi connectivity index (χ2v) is 15.2. The zero-order valence-corrected chi connectivity index (χ0v) is 30.9. The summed E-state index contributed by atoms with van der Waals surface area (Å²) in [5, 5.41) is 53.9.